The lowest BCUT2D eigenvalue weighted by molar-refractivity contribution is -0.124. The molecule has 1 aromatic rings. The van der Waals surface area contributed by atoms with E-state index in [2.05, 4.69) is 5.32 Å². The van der Waals surface area contributed by atoms with Crippen LogP contribution in [0, 0.1) is 5.92 Å². The van der Waals surface area contributed by atoms with Crippen LogP contribution < -0.4 is 5.32 Å². The van der Waals surface area contributed by atoms with Gasteiger partial charge in [0.2, 0.25) is 5.91 Å². The Kier molecular flexibility index (Phi) is 6.52. The normalized spacial score (nSPS) is 16.9. The third kappa shape index (κ3) is 4.97. The van der Waals surface area contributed by atoms with Crippen molar-refractivity contribution in [3.63, 3.8) is 0 Å². The van der Waals surface area contributed by atoms with Crippen LogP contribution in [-0.4, -0.2) is 22.4 Å². The molecule has 1 aromatic carbocycles. The molecule has 0 unspecified atom stereocenters. The van der Waals surface area contributed by atoms with Gasteiger partial charge in [-0.25, -0.2) is 0 Å². The second kappa shape index (κ2) is 8.16. The lowest BCUT2D eigenvalue weighted by atomic mass is 10.1. The molecule has 1 aliphatic carbocycles. The maximum atomic E-state index is 12.1. The van der Waals surface area contributed by atoms with Gasteiger partial charge in [0.1, 0.15) is 0 Å². The Labute approximate surface area is 137 Å². The highest BCUT2D eigenvalue weighted by atomic mass is 35.5. The van der Waals surface area contributed by atoms with E-state index in [-0.39, 0.29) is 11.8 Å². The van der Waals surface area contributed by atoms with Crippen LogP contribution in [0.25, 0.3) is 0 Å². The second-order valence-corrected chi connectivity index (χ2v) is 7.65. The Bertz CT molecular complexity index is 510. The van der Waals surface area contributed by atoms with E-state index in [1.165, 1.54) is 0 Å². The quantitative estimate of drug-likeness (QED) is 0.855. The van der Waals surface area contributed by atoms with Gasteiger partial charge in [-0.3, -0.25) is 9.00 Å². The first-order valence-electron chi connectivity index (χ1n) is 7.13. The van der Waals surface area contributed by atoms with Gasteiger partial charge in [0.05, 0.1) is 5.75 Å². The largest absolute Gasteiger partial charge is 0.355 e. The lowest BCUT2D eigenvalue weighted by Gasteiger charge is -2.11. The van der Waals surface area contributed by atoms with Crippen molar-refractivity contribution in [1.82, 2.24) is 5.32 Å². The van der Waals surface area contributed by atoms with Gasteiger partial charge in [0, 0.05) is 44.6 Å². The zero-order valence-electron chi connectivity index (χ0n) is 11.7. The zero-order chi connectivity index (χ0) is 15.2. The molecule has 0 aliphatic heterocycles. The van der Waals surface area contributed by atoms with E-state index < -0.39 is 10.8 Å². The zero-order valence-corrected chi connectivity index (χ0v) is 14.1. The predicted molar refractivity (Wildman–Crippen MR) is 88.1 cm³/mol. The SMILES string of the molecule is O=C(NCC[S@](=O)Cc1c(Cl)cccc1Cl)C1CCCC1. The Hall–Kier alpha value is -0.580. The average molecular weight is 348 g/mol. The third-order valence-electron chi connectivity index (χ3n) is 3.72. The fraction of sp³-hybridized carbons (Fsp3) is 0.533. The van der Waals surface area contributed by atoms with E-state index in [0.29, 0.717) is 33.7 Å². The summed E-state index contributed by atoms with van der Waals surface area (Å²) >= 11 is 12.1. The standard InChI is InChI=1S/C15H19Cl2NO2S/c16-13-6-3-7-14(17)12(13)10-21(20)9-8-18-15(19)11-4-1-2-5-11/h3,6-7,11H,1-2,4-5,8-10H2,(H,18,19)/t21-/m0/s1. The first kappa shape index (κ1) is 16.8. The van der Waals surface area contributed by atoms with Gasteiger partial charge in [-0.1, -0.05) is 42.1 Å². The molecule has 0 heterocycles. The number of amides is 1. The molecule has 3 nitrogen and oxygen atoms in total. The van der Waals surface area contributed by atoms with Crippen LogP contribution in [0.15, 0.2) is 18.2 Å². The molecule has 0 aromatic heterocycles. The van der Waals surface area contributed by atoms with Crippen LogP contribution >= 0.6 is 23.2 Å². The van der Waals surface area contributed by atoms with Gasteiger partial charge in [-0.05, 0) is 25.0 Å². The summed E-state index contributed by atoms with van der Waals surface area (Å²) in [5, 5.41) is 3.94. The topological polar surface area (TPSA) is 46.2 Å². The number of nitrogens with one attached hydrogen (secondary N) is 1. The summed E-state index contributed by atoms with van der Waals surface area (Å²) in [6, 6.07) is 5.24. The van der Waals surface area contributed by atoms with E-state index in [0.717, 1.165) is 25.7 Å². The van der Waals surface area contributed by atoms with Gasteiger partial charge < -0.3 is 5.32 Å². The fourth-order valence-corrected chi connectivity index (χ4v) is 4.32. The molecule has 6 heteroatoms. The first-order chi connectivity index (χ1) is 10.1. The molecular weight excluding hydrogens is 329 g/mol. The molecule has 0 saturated heterocycles. The molecule has 0 spiro atoms. The molecule has 21 heavy (non-hydrogen) atoms. The Morgan fingerprint density at radius 2 is 1.86 bits per heavy atom. The molecule has 1 amide bonds. The average Bonchev–Trinajstić information content (AvgIpc) is 2.97. The van der Waals surface area contributed by atoms with Crippen molar-refractivity contribution in [3.8, 4) is 0 Å². The first-order valence-corrected chi connectivity index (χ1v) is 9.38. The fourth-order valence-electron chi connectivity index (χ4n) is 2.52. The maximum absolute atomic E-state index is 12.1. The molecule has 116 valence electrons. The number of carbonyl (C=O) groups is 1. The molecule has 1 fully saturated rings. The van der Waals surface area contributed by atoms with Crippen molar-refractivity contribution in [2.45, 2.75) is 31.4 Å². The smallest absolute Gasteiger partial charge is 0.223 e. The van der Waals surface area contributed by atoms with Gasteiger partial charge in [-0.2, -0.15) is 0 Å². The van der Waals surface area contributed by atoms with Crippen molar-refractivity contribution in [2.75, 3.05) is 12.3 Å². The summed E-state index contributed by atoms with van der Waals surface area (Å²) in [6.45, 7) is 0.435. The third-order valence-corrected chi connectivity index (χ3v) is 5.70. The number of halogens is 2. The second-order valence-electron chi connectivity index (χ2n) is 5.26. The van der Waals surface area contributed by atoms with Gasteiger partial charge in [0.15, 0.2) is 0 Å². The van der Waals surface area contributed by atoms with Crippen LogP contribution in [0.5, 0.6) is 0 Å². The molecular formula is C15H19Cl2NO2S. The number of hydrogen-bond acceptors (Lipinski definition) is 2. The van der Waals surface area contributed by atoms with Crippen molar-refractivity contribution >= 4 is 39.9 Å². The van der Waals surface area contributed by atoms with E-state index in [4.69, 9.17) is 23.2 Å². The number of benzene rings is 1. The van der Waals surface area contributed by atoms with E-state index >= 15 is 0 Å². The summed E-state index contributed by atoms with van der Waals surface area (Å²) < 4.78 is 12.1. The van der Waals surface area contributed by atoms with Crippen LogP contribution in [-0.2, 0) is 21.3 Å². The summed E-state index contributed by atoms with van der Waals surface area (Å²) in [7, 11) is -1.09. The van der Waals surface area contributed by atoms with Crippen molar-refractivity contribution < 1.29 is 9.00 Å². The number of rotatable bonds is 6. The predicted octanol–water partition coefficient (Wildman–Crippen LogP) is 3.55. The Morgan fingerprint density at radius 1 is 1.24 bits per heavy atom. The summed E-state index contributed by atoms with van der Waals surface area (Å²) in [5.74, 6) is 0.981. The van der Waals surface area contributed by atoms with Crippen LogP contribution in [0.4, 0.5) is 0 Å². The molecule has 0 bridgehead atoms. The van der Waals surface area contributed by atoms with Crippen LogP contribution in [0.2, 0.25) is 10.0 Å². The van der Waals surface area contributed by atoms with E-state index in [1.54, 1.807) is 18.2 Å². The van der Waals surface area contributed by atoms with Crippen molar-refractivity contribution in [2.24, 2.45) is 5.92 Å². The monoisotopic (exact) mass is 347 g/mol. The molecule has 0 radical (unpaired) electrons. The molecule has 2 rings (SSSR count). The van der Waals surface area contributed by atoms with Crippen LogP contribution in [0.3, 0.4) is 0 Å². The molecule has 1 N–H and O–H groups in total. The van der Waals surface area contributed by atoms with Gasteiger partial charge >= 0.3 is 0 Å². The molecule has 1 aliphatic rings. The maximum Gasteiger partial charge on any atom is 0.223 e. The summed E-state index contributed by atoms with van der Waals surface area (Å²) in [5.41, 5.74) is 0.710. The highest BCUT2D eigenvalue weighted by Gasteiger charge is 2.22. The minimum atomic E-state index is -1.09. The summed E-state index contributed by atoms with van der Waals surface area (Å²) in [4.78, 5) is 11.8. The van der Waals surface area contributed by atoms with Gasteiger partial charge in [-0.15, -0.1) is 0 Å². The van der Waals surface area contributed by atoms with Crippen molar-refractivity contribution in [3.05, 3.63) is 33.8 Å². The molecule has 1 saturated carbocycles. The van der Waals surface area contributed by atoms with E-state index in [9.17, 15) is 9.00 Å². The lowest BCUT2D eigenvalue weighted by Crippen LogP contribution is -2.32. The molecule has 1 atom stereocenters. The van der Waals surface area contributed by atoms with Crippen LogP contribution in [0.1, 0.15) is 31.2 Å². The highest BCUT2D eigenvalue weighted by molar-refractivity contribution is 7.84. The number of carbonyl (C=O) groups excluding carboxylic acids is 1. The Morgan fingerprint density at radius 3 is 2.48 bits per heavy atom. The van der Waals surface area contributed by atoms with E-state index in [1.807, 2.05) is 0 Å². The minimum absolute atomic E-state index is 0.0975. The number of hydrogen-bond donors (Lipinski definition) is 1. The Balaban J connectivity index is 1.76. The highest BCUT2D eigenvalue weighted by Crippen LogP contribution is 2.26. The minimum Gasteiger partial charge on any atom is -0.355 e. The van der Waals surface area contributed by atoms with Crippen molar-refractivity contribution in [1.29, 1.82) is 0 Å². The summed E-state index contributed by atoms with van der Waals surface area (Å²) in [6.07, 6.45) is 4.22. The van der Waals surface area contributed by atoms with Gasteiger partial charge in [0.25, 0.3) is 0 Å².